The molecule has 1 unspecified atom stereocenters. The van der Waals surface area contributed by atoms with Gasteiger partial charge in [-0.15, -0.1) is 16.4 Å². The molecule has 0 bridgehead atoms. The normalized spacial score (nSPS) is 16.2. The Morgan fingerprint density at radius 3 is 2.49 bits per heavy atom. The van der Waals surface area contributed by atoms with Gasteiger partial charge in [0.15, 0.2) is 0 Å². The van der Waals surface area contributed by atoms with Crippen LogP contribution in [0.5, 0.6) is 0 Å². The molecule has 0 spiro atoms. The van der Waals surface area contributed by atoms with E-state index in [2.05, 4.69) is 39.1 Å². The van der Waals surface area contributed by atoms with Gasteiger partial charge in [-0.3, -0.25) is 14.5 Å². The number of carbonyl (C=O) groups excluding carboxylic acids is 3. The average molecular weight is 613 g/mol. The summed E-state index contributed by atoms with van der Waals surface area (Å²) in [6, 6.07) is 34.8. The third kappa shape index (κ3) is 5.47. The van der Waals surface area contributed by atoms with Crippen molar-refractivity contribution in [3.8, 4) is 26.7 Å². The summed E-state index contributed by atoms with van der Waals surface area (Å²) in [5.41, 5.74) is 2.94. The molecule has 2 N–H and O–H groups in total. The van der Waals surface area contributed by atoms with Gasteiger partial charge in [0, 0.05) is 11.4 Å². The van der Waals surface area contributed by atoms with E-state index in [0.717, 1.165) is 47.9 Å². The van der Waals surface area contributed by atoms with Crippen LogP contribution in [0.4, 0.5) is 4.79 Å². The molecular formula is C35H28N6O3S. The molecule has 1 saturated heterocycles. The van der Waals surface area contributed by atoms with Crippen molar-refractivity contribution < 1.29 is 14.4 Å². The van der Waals surface area contributed by atoms with E-state index in [4.69, 9.17) is 0 Å². The number of hydrogen-bond donors (Lipinski definition) is 2. The minimum atomic E-state index is -1.27. The molecule has 1 aliphatic rings. The largest absolute Gasteiger partial charge is 0.350 e. The zero-order valence-corrected chi connectivity index (χ0v) is 25.1. The summed E-state index contributed by atoms with van der Waals surface area (Å²) in [6.07, 6.45) is 1.88. The minimum absolute atomic E-state index is 0.213. The van der Waals surface area contributed by atoms with Crippen molar-refractivity contribution in [2.75, 3.05) is 6.54 Å². The number of carbonyl (C=O) groups is 3. The average Bonchev–Trinajstić information content (AvgIpc) is 3.81. The van der Waals surface area contributed by atoms with Gasteiger partial charge in [-0.1, -0.05) is 84.1 Å². The first-order valence-electron chi connectivity index (χ1n) is 14.4. The molecule has 1 aliphatic heterocycles. The highest BCUT2D eigenvalue weighted by molar-refractivity contribution is 7.18. The Kier molecular flexibility index (Phi) is 7.19. The first-order chi connectivity index (χ1) is 21.9. The second-order valence-electron chi connectivity index (χ2n) is 11.0. The van der Waals surface area contributed by atoms with E-state index in [-0.39, 0.29) is 13.1 Å². The van der Waals surface area contributed by atoms with Crippen LogP contribution >= 0.6 is 11.3 Å². The summed E-state index contributed by atoms with van der Waals surface area (Å²) in [6.45, 7) is 1.49. The summed E-state index contributed by atoms with van der Waals surface area (Å²) in [5, 5.41) is 16.3. The Morgan fingerprint density at radius 1 is 0.867 bits per heavy atom. The van der Waals surface area contributed by atoms with Crippen molar-refractivity contribution in [2.24, 2.45) is 0 Å². The van der Waals surface area contributed by atoms with Crippen LogP contribution in [-0.4, -0.2) is 44.3 Å². The van der Waals surface area contributed by atoms with Crippen molar-refractivity contribution in [3.63, 3.8) is 0 Å². The van der Waals surface area contributed by atoms with Crippen LogP contribution in [0.1, 0.15) is 18.1 Å². The summed E-state index contributed by atoms with van der Waals surface area (Å²) in [5.74, 6) is -0.912. The molecule has 222 valence electrons. The molecule has 1 atom stereocenters. The standard InChI is InChI=1S/C35H28N6O3S/c1-35(27-15-14-24-9-5-6-12-26(24)19-27)33(43)40(34(44)37-35)22-32(42)36-20-23-8-7-13-28(18-23)41-21-29(38-39-41)31-17-16-30(45-31)25-10-3-2-4-11-25/h2-19,21H,20,22H2,1H3,(H,36,42)(H,37,44). The molecule has 1 fully saturated rings. The molecule has 0 saturated carbocycles. The number of thiophene rings is 1. The Labute approximate surface area is 263 Å². The quantitative estimate of drug-likeness (QED) is 0.208. The first-order valence-corrected chi connectivity index (χ1v) is 15.3. The Morgan fingerprint density at radius 2 is 1.64 bits per heavy atom. The zero-order valence-electron chi connectivity index (χ0n) is 24.3. The Bertz CT molecular complexity index is 2070. The van der Waals surface area contributed by atoms with E-state index < -0.39 is 23.4 Å². The van der Waals surface area contributed by atoms with Gasteiger partial charge in [-0.05, 0) is 64.7 Å². The summed E-state index contributed by atoms with van der Waals surface area (Å²) >= 11 is 1.65. The summed E-state index contributed by atoms with van der Waals surface area (Å²) in [7, 11) is 0. The van der Waals surface area contributed by atoms with Crippen LogP contribution in [-0.2, 0) is 21.7 Å². The van der Waals surface area contributed by atoms with E-state index in [1.807, 2.05) is 97.2 Å². The van der Waals surface area contributed by atoms with Crippen LogP contribution in [0.3, 0.4) is 0 Å². The van der Waals surface area contributed by atoms with Gasteiger partial charge in [0.25, 0.3) is 5.91 Å². The van der Waals surface area contributed by atoms with Gasteiger partial charge in [0.05, 0.1) is 16.8 Å². The van der Waals surface area contributed by atoms with Crippen molar-refractivity contribution in [1.82, 2.24) is 30.5 Å². The van der Waals surface area contributed by atoms with E-state index in [9.17, 15) is 14.4 Å². The van der Waals surface area contributed by atoms with E-state index in [0.29, 0.717) is 5.56 Å². The number of nitrogens with one attached hydrogen (secondary N) is 2. The third-order valence-corrected chi connectivity index (χ3v) is 9.14. The molecule has 2 aromatic heterocycles. The number of aromatic nitrogens is 3. The SMILES string of the molecule is CC1(c2ccc3ccccc3c2)NC(=O)N(CC(=O)NCc2cccc(-n3cc(-c4ccc(-c5ccccc5)s4)nn3)c2)C1=O. The maximum Gasteiger partial charge on any atom is 0.325 e. The molecule has 6 aromatic rings. The van der Waals surface area contributed by atoms with Gasteiger partial charge in [0.2, 0.25) is 5.91 Å². The second-order valence-corrected chi connectivity index (χ2v) is 12.1. The lowest BCUT2D eigenvalue weighted by molar-refractivity contribution is -0.134. The van der Waals surface area contributed by atoms with Crippen molar-refractivity contribution in [1.29, 1.82) is 0 Å². The number of fused-ring (bicyclic) bond motifs is 1. The van der Waals surface area contributed by atoms with Crippen LogP contribution in [0.2, 0.25) is 0 Å². The topological polar surface area (TPSA) is 109 Å². The highest BCUT2D eigenvalue weighted by Crippen LogP contribution is 2.34. The van der Waals surface area contributed by atoms with Crippen LogP contribution in [0, 0.1) is 0 Å². The molecular weight excluding hydrogens is 584 g/mol. The second kappa shape index (κ2) is 11.5. The number of nitrogens with zero attached hydrogens (tertiary/aromatic N) is 4. The van der Waals surface area contributed by atoms with E-state index >= 15 is 0 Å². The molecule has 10 heteroatoms. The number of hydrogen-bond acceptors (Lipinski definition) is 6. The molecule has 9 nitrogen and oxygen atoms in total. The van der Waals surface area contributed by atoms with Gasteiger partial charge in [0.1, 0.15) is 17.8 Å². The molecule has 3 heterocycles. The maximum atomic E-state index is 13.4. The highest BCUT2D eigenvalue weighted by atomic mass is 32.1. The molecule has 4 aromatic carbocycles. The van der Waals surface area contributed by atoms with Crippen LogP contribution in [0.25, 0.3) is 37.5 Å². The fourth-order valence-electron chi connectivity index (χ4n) is 5.48. The molecule has 45 heavy (non-hydrogen) atoms. The van der Waals surface area contributed by atoms with E-state index in [1.54, 1.807) is 22.9 Å². The molecule has 0 radical (unpaired) electrons. The van der Waals surface area contributed by atoms with Gasteiger partial charge >= 0.3 is 6.03 Å². The smallest absolute Gasteiger partial charge is 0.325 e. The predicted octanol–water partition coefficient (Wildman–Crippen LogP) is 5.90. The van der Waals surface area contributed by atoms with Crippen molar-refractivity contribution in [2.45, 2.75) is 19.0 Å². The number of amides is 4. The maximum absolute atomic E-state index is 13.4. The molecule has 0 aliphatic carbocycles. The summed E-state index contributed by atoms with van der Waals surface area (Å²) < 4.78 is 1.70. The summed E-state index contributed by atoms with van der Waals surface area (Å²) in [4.78, 5) is 42.3. The highest BCUT2D eigenvalue weighted by Gasteiger charge is 2.49. The molecule has 7 rings (SSSR count). The number of urea groups is 1. The number of rotatable bonds is 8. The fourth-order valence-corrected chi connectivity index (χ4v) is 6.44. The van der Waals surface area contributed by atoms with Crippen molar-refractivity contribution in [3.05, 3.63) is 127 Å². The fraction of sp³-hybridized carbons (Fsp3) is 0.114. The Balaban J connectivity index is 0.994. The number of benzene rings is 4. The Hall–Kier alpha value is -5.61. The zero-order chi connectivity index (χ0) is 31.0. The lowest BCUT2D eigenvalue weighted by atomic mass is 9.90. The minimum Gasteiger partial charge on any atom is -0.350 e. The van der Waals surface area contributed by atoms with E-state index in [1.165, 1.54) is 0 Å². The van der Waals surface area contributed by atoms with Crippen molar-refractivity contribution >= 4 is 40.0 Å². The van der Waals surface area contributed by atoms with Crippen LogP contribution < -0.4 is 10.6 Å². The molecule has 4 amide bonds. The monoisotopic (exact) mass is 612 g/mol. The predicted molar refractivity (Wildman–Crippen MR) is 173 cm³/mol. The van der Waals surface area contributed by atoms with Gasteiger partial charge in [-0.25, -0.2) is 9.48 Å². The van der Waals surface area contributed by atoms with Crippen LogP contribution in [0.15, 0.2) is 115 Å². The van der Waals surface area contributed by atoms with Gasteiger partial charge in [-0.2, -0.15) is 0 Å². The lowest BCUT2D eigenvalue weighted by Crippen LogP contribution is -2.43. The number of imide groups is 1. The first kappa shape index (κ1) is 28.2. The third-order valence-electron chi connectivity index (χ3n) is 7.98. The van der Waals surface area contributed by atoms with Gasteiger partial charge < -0.3 is 10.6 Å². The lowest BCUT2D eigenvalue weighted by Gasteiger charge is -2.22.